The Morgan fingerprint density at radius 3 is 2.67 bits per heavy atom. The maximum atomic E-state index is 6.27. The van der Waals surface area contributed by atoms with Gasteiger partial charge in [0, 0.05) is 6.42 Å². The van der Waals surface area contributed by atoms with Crippen molar-refractivity contribution in [2.45, 2.75) is 13.3 Å². The van der Waals surface area contributed by atoms with Crippen molar-refractivity contribution in [3.05, 3.63) is 75.8 Å². The van der Waals surface area contributed by atoms with Gasteiger partial charge in [-0.3, -0.25) is 0 Å². The summed E-state index contributed by atoms with van der Waals surface area (Å²) in [5, 5.41) is 5.26. The molecule has 0 aliphatic carbocycles. The molecule has 0 bridgehead atoms. The van der Waals surface area contributed by atoms with E-state index < -0.39 is 0 Å². The van der Waals surface area contributed by atoms with Crippen molar-refractivity contribution < 1.29 is 0 Å². The van der Waals surface area contributed by atoms with E-state index in [1.807, 2.05) is 24.3 Å². The fraction of sp³-hybridized carbons (Fsp3) is 0.125. The first-order valence-electron chi connectivity index (χ1n) is 6.54. The average molecular weight is 318 g/mol. The molecule has 1 aromatic heterocycles. The minimum atomic E-state index is 0.482. The summed E-state index contributed by atoms with van der Waals surface area (Å²) in [5.41, 5.74) is 3.18. The zero-order valence-corrected chi connectivity index (χ0v) is 12.9. The highest BCUT2D eigenvalue weighted by Gasteiger charge is 2.13. The van der Waals surface area contributed by atoms with Crippen LogP contribution in [-0.4, -0.2) is 14.8 Å². The van der Waals surface area contributed by atoms with Crippen LogP contribution < -0.4 is 0 Å². The van der Waals surface area contributed by atoms with Gasteiger partial charge in [-0.25, -0.2) is 9.67 Å². The zero-order valence-electron chi connectivity index (χ0n) is 11.4. The van der Waals surface area contributed by atoms with E-state index in [1.165, 1.54) is 17.5 Å². The van der Waals surface area contributed by atoms with Crippen LogP contribution >= 0.6 is 23.2 Å². The fourth-order valence-electron chi connectivity index (χ4n) is 2.22. The molecule has 0 amide bonds. The standard InChI is InChI=1S/C16H13Cl2N3/c1-11-5-2-3-6-12(11)9-15-19-10-20-21(15)14-8-4-7-13(17)16(14)18/h2-8,10H,9H2,1H3. The molecule has 106 valence electrons. The van der Waals surface area contributed by atoms with Crippen LogP contribution in [0, 0.1) is 6.92 Å². The Kier molecular flexibility index (Phi) is 3.95. The van der Waals surface area contributed by atoms with Crippen molar-refractivity contribution in [2.75, 3.05) is 0 Å². The number of rotatable bonds is 3. The fourth-order valence-corrected chi connectivity index (χ4v) is 2.60. The van der Waals surface area contributed by atoms with Gasteiger partial charge >= 0.3 is 0 Å². The maximum absolute atomic E-state index is 6.27. The lowest BCUT2D eigenvalue weighted by Gasteiger charge is -2.10. The summed E-state index contributed by atoms with van der Waals surface area (Å²) < 4.78 is 1.74. The molecule has 2 aromatic carbocycles. The third-order valence-electron chi connectivity index (χ3n) is 3.39. The van der Waals surface area contributed by atoms with Crippen molar-refractivity contribution >= 4 is 23.2 Å². The Hall–Kier alpha value is -1.84. The number of halogens is 2. The molecule has 0 saturated carbocycles. The van der Waals surface area contributed by atoms with E-state index in [1.54, 1.807) is 10.7 Å². The normalized spacial score (nSPS) is 10.8. The summed E-state index contributed by atoms with van der Waals surface area (Å²) in [6, 6.07) is 13.7. The van der Waals surface area contributed by atoms with Crippen LogP contribution in [0.15, 0.2) is 48.8 Å². The maximum Gasteiger partial charge on any atom is 0.138 e. The minimum Gasteiger partial charge on any atom is -0.219 e. The molecule has 21 heavy (non-hydrogen) atoms. The summed E-state index contributed by atoms with van der Waals surface area (Å²) in [6.07, 6.45) is 2.22. The predicted octanol–water partition coefficient (Wildman–Crippen LogP) is 4.47. The van der Waals surface area contributed by atoms with E-state index in [-0.39, 0.29) is 0 Å². The van der Waals surface area contributed by atoms with E-state index in [4.69, 9.17) is 23.2 Å². The van der Waals surface area contributed by atoms with Gasteiger partial charge < -0.3 is 0 Å². The van der Waals surface area contributed by atoms with Gasteiger partial charge in [-0.15, -0.1) is 0 Å². The van der Waals surface area contributed by atoms with Crippen molar-refractivity contribution in [1.29, 1.82) is 0 Å². The topological polar surface area (TPSA) is 30.7 Å². The molecule has 0 spiro atoms. The van der Waals surface area contributed by atoms with E-state index >= 15 is 0 Å². The largest absolute Gasteiger partial charge is 0.219 e. The Bertz CT molecular complexity index is 781. The number of aryl methyl sites for hydroxylation is 1. The molecule has 0 aliphatic rings. The number of benzene rings is 2. The van der Waals surface area contributed by atoms with E-state index in [0.717, 1.165) is 11.5 Å². The number of nitrogens with zero attached hydrogens (tertiary/aromatic N) is 3. The first kappa shape index (κ1) is 14.1. The third-order valence-corrected chi connectivity index (χ3v) is 4.20. The van der Waals surface area contributed by atoms with Crippen LogP contribution in [0.3, 0.4) is 0 Å². The third kappa shape index (κ3) is 2.80. The van der Waals surface area contributed by atoms with Crippen LogP contribution in [-0.2, 0) is 6.42 Å². The van der Waals surface area contributed by atoms with Crippen LogP contribution in [0.1, 0.15) is 17.0 Å². The van der Waals surface area contributed by atoms with Gasteiger partial charge in [-0.05, 0) is 30.2 Å². The van der Waals surface area contributed by atoms with Crippen LogP contribution in [0.5, 0.6) is 0 Å². The summed E-state index contributed by atoms with van der Waals surface area (Å²) >= 11 is 12.3. The Labute approximate surface area is 133 Å². The molecule has 0 atom stereocenters. The summed E-state index contributed by atoms with van der Waals surface area (Å²) in [7, 11) is 0. The van der Waals surface area contributed by atoms with Gasteiger partial charge in [0.25, 0.3) is 0 Å². The molecule has 0 radical (unpaired) electrons. The monoisotopic (exact) mass is 317 g/mol. The molecular weight excluding hydrogens is 305 g/mol. The molecule has 0 fully saturated rings. The lowest BCUT2D eigenvalue weighted by Crippen LogP contribution is -2.05. The van der Waals surface area contributed by atoms with E-state index in [9.17, 15) is 0 Å². The SMILES string of the molecule is Cc1ccccc1Cc1ncnn1-c1cccc(Cl)c1Cl. The Balaban J connectivity index is 2.02. The second kappa shape index (κ2) is 5.88. The summed E-state index contributed by atoms with van der Waals surface area (Å²) in [4.78, 5) is 4.35. The van der Waals surface area contributed by atoms with E-state index in [2.05, 4.69) is 29.1 Å². The first-order valence-corrected chi connectivity index (χ1v) is 7.30. The molecule has 0 unspecified atom stereocenters. The van der Waals surface area contributed by atoms with Gasteiger partial charge in [-0.2, -0.15) is 5.10 Å². The van der Waals surface area contributed by atoms with Gasteiger partial charge in [0.15, 0.2) is 0 Å². The molecule has 1 heterocycles. The molecule has 3 aromatic rings. The second-order valence-corrected chi connectivity index (χ2v) is 5.55. The van der Waals surface area contributed by atoms with Crippen molar-refractivity contribution in [2.24, 2.45) is 0 Å². The summed E-state index contributed by atoms with van der Waals surface area (Å²) in [6.45, 7) is 2.09. The lowest BCUT2D eigenvalue weighted by atomic mass is 10.1. The average Bonchev–Trinajstić information content (AvgIpc) is 2.92. The highest BCUT2D eigenvalue weighted by atomic mass is 35.5. The lowest BCUT2D eigenvalue weighted by molar-refractivity contribution is 0.811. The van der Waals surface area contributed by atoms with Gasteiger partial charge in [0.2, 0.25) is 0 Å². The van der Waals surface area contributed by atoms with Crippen LogP contribution in [0.4, 0.5) is 0 Å². The highest BCUT2D eigenvalue weighted by Crippen LogP contribution is 2.28. The van der Waals surface area contributed by atoms with Crippen LogP contribution in [0.25, 0.3) is 5.69 Å². The Morgan fingerprint density at radius 2 is 1.86 bits per heavy atom. The molecule has 5 heteroatoms. The number of hydrogen-bond donors (Lipinski definition) is 0. The van der Waals surface area contributed by atoms with Gasteiger partial charge in [0.05, 0.1) is 15.7 Å². The minimum absolute atomic E-state index is 0.482. The smallest absolute Gasteiger partial charge is 0.138 e. The zero-order chi connectivity index (χ0) is 14.8. The first-order chi connectivity index (χ1) is 10.2. The van der Waals surface area contributed by atoms with Crippen molar-refractivity contribution in [3.8, 4) is 5.69 Å². The summed E-state index contributed by atoms with van der Waals surface area (Å²) in [5.74, 6) is 0.827. The van der Waals surface area contributed by atoms with Crippen molar-refractivity contribution in [1.82, 2.24) is 14.8 Å². The quantitative estimate of drug-likeness (QED) is 0.713. The molecule has 0 N–H and O–H groups in total. The molecule has 0 saturated heterocycles. The number of aromatic nitrogens is 3. The van der Waals surface area contributed by atoms with Crippen molar-refractivity contribution in [3.63, 3.8) is 0 Å². The second-order valence-electron chi connectivity index (χ2n) is 4.76. The van der Waals surface area contributed by atoms with Gasteiger partial charge in [-0.1, -0.05) is 53.5 Å². The number of hydrogen-bond acceptors (Lipinski definition) is 2. The molecule has 0 aliphatic heterocycles. The molecule has 3 rings (SSSR count). The predicted molar refractivity (Wildman–Crippen MR) is 85.4 cm³/mol. The Morgan fingerprint density at radius 1 is 1.05 bits per heavy atom. The van der Waals surface area contributed by atoms with Gasteiger partial charge in [0.1, 0.15) is 12.2 Å². The molecule has 3 nitrogen and oxygen atoms in total. The molecular formula is C16H13Cl2N3. The van der Waals surface area contributed by atoms with Crippen LogP contribution in [0.2, 0.25) is 10.0 Å². The highest BCUT2D eigenvalue weighted by molar-refractivity contribution is 6.43. The van der Waals surface area contributed by atoms with E-state index in [0.29, 0.717) is 16.5 Å².